The lowest BCUT2D eigenvalue weighted by molar-refractivity contribution is 0.415. The first kappa shape index (κ1) is 13.0. The summed E-state index contributed by atoms with van der Waals surface area (Å²) in [6, 6.07) is 4.28. The monoisotopic (exact) mass is 332 g/mol. The van der Waals surface area contributed by atoms with Gasteiger partial charge in [-0.2, -0.15) is 0 Å². The van der Waals surface area contributed by atoms with Gasteiger partial charge in [0.05, 0.1) is 13.2 Å². The molecule has 2 aromatic heterocycles. The number of hydrogen-bond acceptors (Lipinski definition) is 5. The van der Waals surface area contributed by atoms with Crippen LogP contribution in [0, 0.1) is 0 Å². The Hall–Kier alpha value is -0.400. The lowest BCUT2D eigenvalue weighted by Gasteiger charge is -2.12. The first-order chi connectivity index (χ1) is 8.22. The zero-order valence-corrected chi connectivity index (χ0v) is 12.5. The molecule has 0 saturated heterocycles. The summed E-state index contributed by atoms with van der Waals surface area (Å²) in [6.07, 6.45) is 0.885. The standard InChI is InChI=1S/C11H13BrN2OS2/c1-15-8-3-11(17-6-8)10(14-13)4-9-2-7(12)5-16-9/h2-3,5-6,10,14H,4,13H2,1H3. The fraction of sp³-hybridized carbons (Fsp3) is 0.273. The van der Waals surface area contributed by atoms with Gasteiger partial charge in [-0.05, 0) is 28.1 Å². The van der Waals surface area contributed by atoms with Crippen LogP contribution in [0.2, 0.25) is 0 Å². The van der Waals surface area contributed by atoms with Gasteiger partial charge in [0, 0.05) is 31.4 Å². The third-order valence-corrected chi connectivity index (χ3v) is 5.15. The molecule has 0 spiro atoms. The fourth-order valence-corrected chi connectivity index (χ4v) is 3.94. The van der Waals surface area contributed by atoms with E-state index in [0.717, 1.165) is 16.6 Å². The van der Waals surface area contributed by atoms with Crippen LogP contribution >= 0.6 is 38.6 Å². The molecule has 0 fully saturated rings. The second-order valence-electron chi connectivity index (χ2n) is 3.54. The molecule has 2 aromatic rings. The fourth-order valence-electron chi connectivity index (χ4n) is 1.53. The normalized spacial score (nSPS) is 12.6. The predicted octanol–water partition coefficient (Wildman–Crippen LogP) is 3.33. The minimum atomic E-state index is 0.134. The Morgan fingerprint density at radius 2 is 2.24 bits per heavy atom. The molecule has 0 aliphatic heterocycles. The van der Waals surface area contributed by atoms with Crippen molar-refractivity contribution in [1.29, 1.82) is 0 Å². The van der Waals surface area contributed by atoms with Gasteiger partial charge in [-0.3, -0.25) is 11.3 Å². The van der Waals surface area contributed by atoms with Gasteiger partial charge in [0.1, 0.15) is 5.75 Å². The van der Waals surface area contributed by atoms with Gasteiger partial charge in [0.25, 0.3) is 0 Å². The molecular weight excluding hydrogens is 320 g/mol. The number of ether oxygens (including phenoxy) is 1. The zero-order valence-electron chi connectivity index (χ0n) is 9.27. The molecule has 17 heavy (non-hydrogen) atoms. The van der Waals surface area contributed by atoms with Crippen molar-refractivity contribution in [3.8, 4) is 5.75 Å². The maximum absolute atomic E-state index is 5.62. The number of nitrogens with two attached hydrogens (primary N) is 1. The molecule has 3 nitrogen and oxygen atoms in total. The summed E-state index contributed by atoms with van der Waals surface area (Å²) in [7, 11) is 1.67. The third kappa shape index (κ3) is 3.29. The van der Waals surface area contributed by atoms with E-state index in [0.29, 0.717) is 0 Å². The molecule has 0 amide bonds. The van der Waals surface area contributed by atoms with Gasteiger partial charge in [-0.15, -0.1) is 22.7 Å². The third-order valence-electron chi connectivity index (χ3n) is 2.40. The van der Waals surface area contributed by atoms with Gasteiger partial charge in [0.2, 0.25) is 0 Å². The van der Waals surface area contributed by atoms with Crippen molar-refractivity contribution < 1.29 is 4.74 Å². The molecule has 0 aliphatic carbocycles. The van der Waals surface area contributed by atoms with Crippen molar-refractivity contribution in [3.63, 3.8) is 0 Å². The maximum atomic E-state index is 5.62. The van der Waals surface area contributed by atoms with E-state index in [9.17, 15) is 0 Å². The van der Waals surface area contributed by atoms with E-state index < -0.39 is 0 Å². The van der Waals surface area contributed by atoms with E-state index in [1.165, 1.54) is 9.75 Å². The molecule has 1 unspecified atom stereocenters. The Morgan fingerprint density at radius 3 is 2.76 bits per heavy atom. The second-order valence-corrected chi connectivity index (χ2v) is 6.40. The molecule has 6 heteroatoms. The van der Waals surface area contributed by atoms with Crippen molar-refractivity contribution in [2.45, 2.75) is 12.5 Å². The van der Waals surface area contributed by atoms with Crippen LogP contribution in [0.4, 0.5) is 0 Å². The van der Waals surface area contributed by atoms with Crippen LogP contribution in [-0.2, 0) is 6.42 Å². The number of hydrogen-bond donors (Lipinski definition) is 2. The van der Waals surface area contributed by atoms with E-state index in [4.69, 9.17) is 10.6 Å². The average Bonchev–Trinajstić information content (AvgIpc) is 2.94. The minimum absolute atomic E-state index is 0.134. The molecule has 0 saturated carbocycles. The minimum Gasteiger partial charge on any atom is -0.496 e. The van der Waals surface area contributed by atoms with Crippen LogP contribution in [-0.4, -0.2) is 7.11 Å². The molecule has 92 valence electrons. The summed E-state index contributed by atoms with van der Waals surface area (Å²) in [6.45, 7) is 0. The van der Waals surface area contributed by atoms with Gasteiger partial charge in [-0.1, -0.05) is 0 Å². The number of hydrazine groups is 1. The van der Waals surface area contributed by atoms with Crippen molar-refractivity contribution in [2.75, 3.05) is 7.11 Å². The van der Waals surface area contributed by atoms with Crippen LogP contribution in [0.25, 0.3) is 0 Å². The molecule has 0 aromatic carbocycles. The highest BCUT2D eigenvalue weighted by atomic mass is 79.9. The Kier molecular flexibility index (Phi) is 4.58. The number of rotatable bonds is 5. The Balaban J connectivity index is 2.10. The molecule has 3 N–H and O–H groups in total. The van der Waals surface area contributed by atoms with E-state index in [-0.39, 0.29) is 6.04 Å². The Bertz CT molecular complexity index is 483. The summed E-state index contributed by atoms with van der Waals surface area (Å²) >= 11 is 6.85. The maximum Gasteiger partial charge on any atom is 0.129 e. The van der Waals surface area contributed by atoms with E-state index in [1.807, 2.05) is 11.4 Å². The van der Waals surface area contributed by atoms with Crippen LogP contribution in [0.15, 0.2) is 27.4 Å². The van der Waals surface area contributed by atoms with Crippen molar-refractivity contribution in [3.05, 3.63) is 37.1 Å². The molecule has 1 atom stereocenters. The van der Waals surface area contributed by atoms with Crippen molar-refractivity contribution >= 4 is 38.6 Å². The van der Waals surface area contributed by atoms with E-state index >= 15 is 0 Å². The Morgan fingerprint density at radius 1 is 1.41 bits per heavy atom. The van der Waals surface area contributed by atoms with Crippen molar-refractivity contribution in [2.24, 2.45) is 5.84 Å². The summed E-state index contributed by atoms with van der Waals surface area (Å²) in [5.41, 5.74) is 2.86. The Labute approximate surface area is 117 Å². The lowest BCUT2D eigenvalue weighted by atomic mass is 10.1. The first-order valence-electron chi connectivity index (χ1n) is 5.04. The van der Waals surface area contributed by atoms with Gasteiger partial charge in [-0.25, -0.2) is 0 Å². The summed E-state index contributed by atoms with van der Waals surface area (Å²) in [4.78, 5) is 2.49. The SMILES string of the molecule is COc1csc(C(Cc2cc(Br)cs2)NN)c1. The largest absolute Gasteiger partial charge is 0.496 e. The highest BCUT2D eigenvalue weighted by molar-refractivity contribution is 9.10. The molecule has 0 aliphatic rings. The average molecular weight is 333 g/mol. The van der Waals surface area contributed by atoms with Crippen LogP contribution in [0.5, 0.6) is 5.75 Å². The highest BCUT2D eigenvalue weighted by Gasteiger charge is 2.14. The van der Waals surface area contributed by atoms with Crippen LogP contribution < -0.4 is 16.0 Å². The molecular formula is C11H13BrN2OS2. The van der Waals surface area contributed by atoms with Crippen LogP contribution in [0.3, 0.4) is 0 Å². The van der Waals surface area contributed by atoms with Gasteiger partial charge in [0.15, 0.2) is 0 Å². The quantitative estimate of drug-likeness (QED) is 0.652. The summed E-state index contributed by atoms with van der Waals surface area (Å²) < 4.78 is 6.30. The summed E-state index contributed by atoms with van der Waals surface area (Å²) in [5, 5.41) is 4.07. The van der Waals surface area contributed by atoms with E-state index in [1.54, 1.807) is 29.8 Å². The summed E-state index contributed by atoms with van der Waals surface area (Å²) in [5.74, 6) is 6.51. The first-order valence-corrected chi connectivity index (χ1v) is 7.59. The van der Waals surface area contributed by atoms with Gasteiger partial charge >= 0.3 is 0 Å². The molecule has 0 radical (unpaired) electrons. The van der Waals surface area contributed by atoms with Gasteiger partial charge < -0.3 is 4.74 Å². The number of nitrogens with one attached hydrogen (secondary N) is 1. The lowest BCUT2D eigenvalue weighted by Crippen LogP contribution is -2.28. The molecule has 2 rings (SSSR count). The predicted molar refractivity (Wildman–Crippen MR) is 76.7 cm³/mol. The number of methoxy groups -OCH3 is 1. The second kappa shape index (κ2) is 5.97. The topological polar surface area (TPSA) is 47.3 Å². The number of halogens is 1. The van der Waals surface area contributed by atoms with Crippen molar-refractivity contribution in [1.82, 2.24) is 5.43 Å². The van der Waals surface area contributed by atoms with Crippen LogP contribution in [0.1, 0.15) is 15.8 Å². The number of thiophene rings is 2. The van der Waals surface area contributed by atoms with E-state index in [2.05, 4.69) is 32.8 Å². The zero-order chi connectivity index (χ0) is 12.3. The highest BCUT2D eigenvalue weighted by Crippen LogP contribution is 2.30. The smallest absolute Gasteiger partial charge is 0.129 e. The molecule has 0 bridgehead atoms. The molecule has 2 heterocycles.